The molecule has 16 heavy (non-hydrogen) atoms. The van der Waals surface area contributed by atoms with Crippen LogP contribution in [0.3, 0.4) is 0 Å². The van der Waals surface area contributed by atoms with Crippen molar-refractivity contribution in [2.45, 2.75) is 31.7 Å². The van der Waals surface area contributed by atoms with Crippen LogP contribution in [-0.4, -0.2) is 62.7 Å². The highest BCUT2D eigenvalue weighted by Gasteiger charge is 2.23. The number of nitrogens with one attached hydrogen (secondary N) is 1. The number of piperidine rings is 1. The first kappa shape index (κ1) is 12.3. The molecule has 1 atom stereocenters. The molecule has 2 aliphatic rings. The van der Waals surface area contributed by atoms with Crippen molar-refractivity contribution in [3.8, 4) is 0 Å². The van der Waals surface area contributed by atoms with Crippen molar-refractivity contribution in [1.29, 1.82) is 0 Å². The molecule has 0 bridgehead atoms. The topological polar surface area (TPSA) is 18.5 Å². The van der Waals surface area contributed by atoms with Gasteiger partial charge < -0.3 is 15.1 Å². The predicted molar refractivity (Wildman–Crippen MR) is 68.7 cm³/mol. The van der Waals surface area contributed by atoms with Crippen LogP contribution >= 0.6 is 0 Å². The highest BCUT2D eigenvalue weighted by Crippen LogP contribution is 2.18. The maximum absolute atomic E-state index is 3.60. The van der Waals surface area contributed by atoms with Crippen molar-refractivity contribution >= 4 is 0 Å². The van der Waals surface area contributed by atoms with Crippen LogP contribution < -0.4 is 5.32 Å². The van der Waals surface area contributed by atoms with Crippen LogP contribution in [0.1, 0.15) is 25.7 Å². The van der Waals surface area contributed by atoms with Crippen molar-refractivity contribution in [3.63, 3.8) is 0 Å². The first-order chi connectivity index (χ1) is 7.74. The lowest BCUT2D eigenvalue weighted by Crippen LogP contribution is -2.43. The van der Waals surface area contributed by atoms with E-state index in [-0.39, 0.29) is 0 Å². The number of rotatable bonds is 4. The standard InChI is InChI=1S/C13H27N3/c1-15(2)10-12-5-8-16(9-6-12)11-13-4-3-7-14-13/h12-14H,3-11H2,1-2H3. The van der Waals surface area contributed by atoms with E-state index < -0.39 is 0 Å². The smallest absolute Gasteiger partial charge is 0.0195 e. The Labute approximate surface area is 100 Å². The van der Waals surface area contributed by atoms with Crippen LogP contribution in [-0.2, 0) is 0 Å². The van der Waals surface area contributed by atoms with E-state index in [2.05, 4.69) is 29.2 Å². The fraction of sp³-hybridized carbons (Fsp3) is 1.00. The van der Waals surface area contributed by atoms with Gasteiger partial charge in [-0.15, -0.1) is 0 Å². The predicted octanol–water partition coefficient (Wildman–Crippen LogP) is 1.01. The zero-order valence-electron chi connectivity index (χ0n) is 10.9. The molecule has 2 aliphatic heterocycles. The van der Waals surface area contributed by atoms with Gasteiger partial charge in [0.25, 0.3) is 0 Å². The molecule has 3 heteroatoms. The fourth-order valence-electron chi connectivity index (χ4n) is 3.09. The molecule has 0 amide bonds. The van der Waals surface area contributed by atoms with Crippen molar-refractivity contribution < 1.29 is 0 Å². The van der Waals surface area contributed by atoms with Gasteiger partial charge in [-0.1, -0.05) is 0 Å². The molecule has 0 spiro atoms. The monoisotopic (exact) mass is 225 g/mol. The Balaban J connectivity index is 1.64. The minimum absolute atomic E-state index is 0.783. The second-order valence-corrected chi connectivity index (χ2v) is 5.80. The Morgan fingerprint density at radius 3 is 2.50 bits per heavy atom. The third-order valence-corrected chi connectivity index (χ3v) is 3.97. The highest BCUT2D eigenvalue weighted by atomic mass is 15.2. The summed E-state index contributed by atoms with van der Waals surface area (Å²) in [5, 5.41) is 3.60. The summed E-state index contributed by atoms with van der Waals surface area (Å²) in [4.78, 5) is 4.99. The van der Waals surface area contributed by atoms with Gasteiger partial charge in [-0.05, 0) is 65.3 Å². The average molecular weight is 225 g/mol. The van der Waals surface area contributed by atoms with Gasteiger partial charge in [-0.25, -0.2) is 0 Å². The van der Waals surface area contributed by atoms with Gasteiger partial charge in [0, 0.05) is 19.1 Å². The third kappa shape index (κ3) is 3.72. The molecule has 0 saturated carbocycles. The van der Waals surface area contributed by atoms with Crippen molar-refractivity contribution in [3.05, 3.63) is 0 Å². The average Bonchev–Trinajstić information content (AvgIpc) is 2.73. The molecule has 2 saturated heterocycles. The Kier molecular flexibility index (Phi) is 4.62. The Morgan fingerprint density at radius 2 is 1.94 bits per heavy atom. The molecule has 1 unspecified atom stereocenters. The molecule has 2 heterocycles. The van der Waals surface area contributed by atoms with Gasteiger partial charge in [0.15, 0.2) is 0 Å². The van der Waals surface area contributed by atoms with E-state index in [0.717, 1.165) is 12.0 Å². The van der Waals surface area contributed by atoms with E-state index in [0.29, 0.717) is 0 Å². The summed E-state index contributed by atoms with van der Waals surface area (Å²) in [6.07, 6.45) is 5.55. The first-order valence-electron chi connectivity index (χ1n) is 6.84. The third-order valence-electron chi connectivity index (χ3n) is 3.97. The molecule has 2 fully saturated rings. The van der Waals surface area contributed by atoms with Crippen molar-refractivity contribution in [2.75, 3.05) is 46.8 Å². The van der Waals surface area contributed by atoms with Crippen molar-refractivity contribution in [1.82, 2.24) is 15.1 Å². The molecule has 0 aromatic heterocycles. The molecular weight excluding hydrogens is 198 g/mol. The lowest BCUT2D eigenvalue weighted by atomic mass is 9.96. The Hall–Kier alpha value is -0.120. The highest BCUT2D eigenvalue weighted by molar-refractivity contribution is 4.81. The largest absolute Gasteiger partial charge is 0.313 e. The van der Waals surface area contributed by atoms with Crippen LogP contribution in [0.2, 0.25) is 0 Å². The van der Waals surface area contributed by atoms with Crippen LogP contribution in [0.25, 0.3) is 0 Å². The normalized spacial score (nSPS) is 29.1. The molecule has 0 aromatic carbocycles. The number of hydrogen-bond donors (Lipinski definition) is 1. The van der Waals surface area contributed by atoms with E-state index in [1.165, 1.54) is 58.4 Å². The maximum Gasteiger partial charge on any atom is 0.0195 e. The molecule has 3 nitrogen and oxygen atoms in total. The minimum Gasteiger partial charge on any atom is -0.313 e. The summed E-state index contributed by atoms with van der Waals surface area (Å²) in [7, 11) is 4.38. The first-order valence-corrected chi connectivity index (χ1v) is 6.84. The summed E-state index contributed by atoms with van der Waals surface area (Å²) in [6, 6.07) is 0.783. The zero-order chi connectivity index (χ0) is 11.4. The quantitative estimate of drug-likeness (QED) is 0.770. The Morgan fingerprint density at radius 1 is 1.19 bits per heavy atom. The molecule has 94 valence electrons. The summed E-state index contributed by atoms with van der Waals surface area (Å²) in [6.45, 7) is 6.43. The lowest BCUT2D eigenvalue weighted by Gasteiger charge is -2.34. The van der Waals surface area contributed by atoms with Crippen LogP contribution in [0.15, 0.2) is 0 Å². The summed E-state index contributed by atoms with van der Waals surface area (Å²) >= 11 is 0. The van der Waals surface area contributed by atoms with Gasteiger partial charge in [-0.2, -0.15) is 0 Å². The zero-order valence-corrected chi connectivity index (χ0v) is 10.9. The van der Waals surface area contributed by atoms with Gasteiger partial charge in [-0.3, -0.25) is 0 Å². The van der Waals surface area contributed by atoms with E-state index in [9.17, 15) is 0 Å². The van der Waals surface area contributed by atoms with Gasteiger partial charge in [0.2, 0.25) is 0 Å². The van der Waals surface area contributed by atoms with Crippen molar-refractivity contribution in [2.24, 2.45) is 5.92 Å². The van der Waals surface area contributed by atoms with Crippen LogP contribution in [0.4, 0.5) is 0 Å². The van der Waals surface area contributed by atoms with E-state index in [1.807, 2.05) is 0 Å². The second-order valence-electron chi connectivity index (χ2n) is 5.80. The molecule has 2 rings (SSSR count). The second kappa shape index (κ2) is 5.99. The maximum atomic E-state index is 3.60. The molecule has 0 aromatic rings. The van der Waals surface area contributed by atoms with E-state index in [4.69, 9.17) is 0 Å². The molecule has 0 radical (unpaired) electrons. The molecular formula is C13H27N3. The fourth-order valence-corrected chi connectivity index (χ4v) is 3.09. The lowest BCUT2D eigenvalue weighted by molar-refractivity contribution is 0.153. The summed E-state index contributed by atoms with van der Waals surface area (Å²) in [5.74, 6) is 0.933. The Bertz CT molecular complexity index is 191. The molecule has 0 aliphatic carbocycles. The van der Waals surface area contributed by atoms with E-state index >= 15 is 0 Å². The van der Waals surface area contributed by atoms with E-state index in [1.54, 1.807) is 0 Å². The molecule has 1 N–H and O–H groups in total. The van der Waals surface area contributed by atoms with Crippen LogP contribution in [0.5, 0.6) is 0 Å². The summed E-state index contributed by atoms with van der Waals surface area (Å²) in [5.41, 5.74) is 0. The van der Waals surface area contributed by atoms with Gasteiger partial charge in [0.1, 0.15) is 0 Å². The number of nitrogens with zero attached hydrogens (tertiary/aromatic N) is 2. The number of likely N-dealkylation sites (tertiary alicyclic amines) is 1. The SMILES string of the molecule is CN(C)CC1CCN(CC2CCCN2)CC1. The van der Waals surface area contributed by atoms with Crippen LogP contribution in [0, 0.1) is 5.92 Å². The summed E-state index contributed by atoms with van der Waals surface area (Å²) < 4.78 is 0. The minimum atomic E-state index is 0.783. The van der Waals surface area contributed by atoms with Gasteiger partial charge >= 0.3 is 0 Å². The van der Waals surface area contributed by atoms with Gasteiger partial charge in [0.05, 0.1) is 0 Å². The number of hydrogen-bond acceptors (Lipinski definition) is 3.